The number of nitrogens with zero attached hydrogens (tertiary/aromatic N) is 1. The van der Waals surface area contributed by atoms with E-state index in [0.29, 0.717) is 19.5 Å². The predicted molar refractivity (Wildman–Crippen MR) is 73.5 cm³/mol. The van der Waals surface area contributed by atoms with Gasteiger partial charge in [-0.1, -0.05) is 0 Å². The topological polar surface area (TPSA) is 78.9 Å². The first kappa shape index (κ1) is 15.1. The molecule has 0 aromatic rings. The zero-order chi connectivity index (χ0) is 14.8. The molecule has 0 spiro atoms. The molecule has 20 heavy (non-hydrogen) atoms. The fourth-order valence-corrected chi connectivity index (χ4v) is 2.95. The minimum Gasteiger partial charge on any atom is -0.481 e. The number of rotatable bonds is 5. The summed E-state index contributed by atoms with van der Waals surface area (Å²) in [6.07, 6.45) is 4.63. The van der Waals surface area contributed by atoms with Gasteiger partial charge in [-0.3, -0.25) is 4.79 Å². The van der Waals surface area contributed by atoms with E-state index in [2.05, 4.69) is 5.32 Å². The van der Waals surface area contributed by atoms with Crippen LogP contribution in [0, 0.1) is 5.41 Å². The van der Waals surface area contributed by atoms with Crippen LogP contribution in [0.3, 0.4) is 0 Å². The summed E-state index contributed by atoms with van der Waals surface area (Å²) in [6.45, 7) is 3.05. The van der Waals surface area contributed by atoms with Crippen molar-refractivity contribution in [1.82, 2.24) is 10.2 Å². The van der Waals surface area contributed by atoms with Crippen LogP contribution in [-0.2, 0) is 9.53 Å². The van der Waals surface area contributed by atoms with E-state index in [9.17, 15) is 9.59 Å². The van der Waals surface area contributed by atoms with Gasteiger partial charge in [0.2, 0.25) is 0 Å². The lowest BCUT2D eigenvalue weighted by molar-refractivity contribution is -0.146. The molecule has 2 rings (SSSR count). The monoisotopic (exact) mass is 284 g/mol. The third kappa shape index (κ3) is 2.90. The number of methoxy groups -OCH3 is 1. The molecule has 1 saturated heterocycles. The number of urea groups is 1. The smallest absolute Gasteiger partial charge is 0.317 e. The quantitative estimate of drug-likeness (QED) is 0.801. The van der Waals surface area contributed by atoms with Crippen molar-refractivity contribution in [3.05, 3.63) is 0 Å². The molecule has 2 amide bonds. The minimum atomic E-state index is -0.833. The summed E-state index contributed by atoms with van der Waals surface area (Å²) in [5, 5.41) is 12.0. The van der Waals surface area contributed by atoms with Gasteiger partial charge in [0.25, 0.3) is 0 Å². The van der Waals surface area contributed by atoms with E-state index >= 15 is 0 Å². The molecule has 1 heterocycles. The standard InChI is InChI=1S/C14H24N2O4/c1-13(11(17)18)7-9-16(10-13)12(19)15-8-6-14(20-2)4-3-5-14/h3-10H2,1-2H3,(H,15,19)(H,17,18). The maximum absolute atomic E-state index is 12.0. The van der Waals surface area contributed by atoms with Crippen LogP contribution in [0.4, 0.5) is 4.79 Å². The fraction of sp³-hybridized carbons (Fsp3) is 0.857. The van der Waals surface area contributed by atoms with Crippen molar-refractivity contribution in [1.29, 1.82) is 0 Å². The summed E-state index contributed by atoms with van der Waals surface area (Å²) in [6, 6.07) is -0.166. The number of carboxylic acids is 1. The van der Waals surface area contributed by atoms with Gasteiger partial charge in [0, 0.05) is 26.7 Å². The van der Waals surface area contributed by atoms with Gasteiger partial charge in [-0.25, -0.2) is 4.79 Å². The Labute approximate surface area is 119 Å². The number of amides is 2. The van der Waals surface area contributed by atoms with Crippen molar-refractivity contribution in [2.24, 2.45) is 5.41 Å². The second-order valence-corrected chi connectivity index (χ2v) is 6.26. The highest BCUT2D eigenvalue weighted by atomic mass is 16.5. The van der Waals surface area contributed by atoms with E-state index in [1.54, 1.807) is 18.9 Å². The highest BCUT2D eigenvalue weighted by Crippen LogP contribution is 2.37. The minimum absolute atomic E-state index is 0.0477. The molecule has 2 N–H and O–H groups in total. The summed E-state index contributed by atoms with van der Waals surface area (Å²) < 4.78 is 5.50. The van der Waals surface area contributed by atoms with Gasteiger partial charge in [0.05, 0.1) is 11.0 Å². The van der Waals surface area contributed by atoms with E-state index in [4.69, 9.17) is 9.84 Å². The van der Waals surface area contributed by atoms with Crippen LogP contribution in [0.1, 0.15) is 39.0 Å². The van der Waals surface area contributed by atoms with E-state index < -0.39 is 11.4 Å². The average molecular weight is 284 g/mol. The summed E-state index contributed by atoms with van der Waals surface area (Å²) in [4.78, 5) is 24.8. The van der Waals surface area contributed by atoms with Crippen molar-refractivity contribution >= 4 is 12.0 Å². The second-order valence-electron chi connectivity index (χ2n) is 6.26. The number of hydrogen-bond donors (Lipinski definition) is 2. The molecule has 1 atom stereocenters. The molecule has 1 unspecified atom stereocenters. The normalized spacial score (nSPS) is 28.0. The Hall–Kier alpha value is -1.30. The van der Waals surface area contributed by atoms with Crippen molar-refractivity contribution in [2.45, 2.75) is 44.6 Å². The van der Waals surface area contributed by atoms with Crippen molar-refractivity contribution in [2.75, 3.05) is 26.7 Å². The SMILES string of the molecule is COC1(CCNC(=O)N2CCC(C)(C(=O)O)C2)CCC1. The van der Waals surface area contributed by atoms with Crippen LogP contribution in [0.2, 0.25) is 0 Å². The molecule has 0 bridgehead atoms. The highest BCUT2D eigenvalue weighted by molar-refractivity contribution is 5.79. The van der Waals surface area contributed by atoms with E-state index in [-0.39, 0.29) is 18.2 Å². The molecular formula is C14H24N2O4. The molecule has 0 aromatic carbocycles. The molecule has 1 saturated carbocycles. The zero-order valence-electron chi connectivity index (χ0n) is 12.3. The van der Waals surface area contributed by atoms with Gasteiger partial charge in [-0.2, -0.15) is 0 Å². The number of carboxylic acid groups (broad SMARTS) is 1. The molecule has 2 aliphatic rings. The lowest BCUT2D eigenvalue weighted by Gasteiger charge is -2.40. The molecule has 1 aliphatic carbocycles. The lowest BCUT2D eigenvalue weighted by Crippen LogP contribution is -2.45. The second kappa shape index (κ2) is 5.60. The van der Waals surface area contributed by atoms with E-state index in [0.717, 1.165) is 19.3 Å². The molecule has 1 aliphatic heterocycles. The molecule has 6 heteroatoms. The average Bonchev–Trinajstić information content (AvgIpc) is 2.77. The van der Waals surface area contributed by atoms with Gasteiger partial charge in [0.1, 0.15) is 0 Å². The van der Waals surface area contributed by atoms with Crippen LogP contribution in [0.5, 0.6) is 0 Å². The number of carbonyl (C=O) groups is 2. The first-order valence-electron chi connectivity index (χ1n) is 7.22. The number of carbonyl (C=O) groups excluding carboxylic acids is 1. The Kier molecular flexibility index (Phi) is 4.22. The number of hydrogen-bond acceptors (Lipinski definition) is 3. The Bertz CT molecular complexity index is 389. The van der Waals surface area contributed by atoms with Crippen molar-refractivity contribution < 1.29 is 19.4 Å². The first-order chi connectivity index (χ1) is 9.41. The summed E-state index contributed by atoms with van der Waals surface area (Å²) in [5.41, 5.74) is -0.854. The van der Waals surface area contributed by atoms with Crippen LogP contribution in [0.25, 0.3) is 0 Å². The largest absolute Gasteiger partial charge is 0.481 e. The molecule has 0 radical (unpaired) electrons. The third-order valence-electron chi connectivity index (χ3n) is 4.83. The van der Waals surface area contributed by atoms with Gasteiger partial charge < -0.3 is 20.1 Å². The molecular weight excluding hydrogens is 260 g/mol. The molecule has 6 nitrogen and oxygen atoms in total. The van der Waals surface area contributed by atoms with Crippen molar-refractivity contribution in [3.63, 3.8) is 0 Å². The van der Waals surface area contributed by atoms with Crippen LogP contribution < -0.4 is 5.32 Å². The van der Waals surface area contributed by atoms with Gasteiger partial charge in [0.15, 0.2) is 0 Å². The van der Waals surface area contributed by atoms with Gasteiger partial charge >= 0.3 is 12.0 Å². The summed E-state index contributed by atoms with van der Waals surface area (Å²) in [5.74, 6) is -0.833. The Morgan fingerprint density at radius 2 is 2.05 bits per heavy atom. The zero-order valence-corrected chi connectivity index (χ0v) is 12.3. The van der Waals surface area contributed by atoms with E-state index in [1.165, 1.54) is 6.42 Å². The highest BCUT2D eigenvalue weighted by Gasteiger charge is 2.42. The maximum Gasteiger partial charge on any atom is 0.317 e. The number of likely N-dealkylation sites (tertiary alicyclic amines) is 1. The van der Waals surface area contributed by atoms with Crippen LogP contribution >= 0.6 is 0 Å². The van der Waals surface area contributed by atoms with Gasteiger partial charge in [-0.15, -0.1) is 0 Å². The number of nitrogens with one attached hydrogen (secondary N) is 1. The number of aliphatic carboxylic acids is 1. The number of ether oxygens (including phenoxy) is 1. The Balaban J connectivity index is 1.75. The lowest BCUT2D eigenvalue weighted by atomic mass is 9.77. The van der Waals surface area contributed by atoms with E-state index in [1.807, 2.05) is 0 Å². The molecule has 114 valence electrons. The fourth-order valence-electron chi connectivity index (χ4n) is 2.95. The summed E-state index contributed by atoms with van der Waals surface area (Å²) >= 11 is 0. The van der Waals surface area contributed by atoms with Crippen LogP contribution in [-0.4, -0.2) is 54.4 Å². The van der Waals surface area contributed by atoms with Crippen LogP contribution in [0.15, 0.2) is 0 Å². The molecule has 2 fully saturated rings. The maximum atomic E-state index is 12.0. The Morgan fingerprint density at radius 3 is 2.50 bits per heavy atom. The first-order valence-corrected chi connectivity index (χ1v) is 7.22. The van der Waals surface area contributed by atoms with Gasteiger partial charge in [-0.05, 0) is 39.0 Å². The Morgan fingerprint density at radius 1 is 1.35 bits per heavy atom. The third-order valence-corrected chi connectivity index (χ3v) is 4.83. The molecule has 0 aromatic heterocycles. The van der Waals surface area contributed by atoms with Crippen molar-refractivity contribution in [3.8, 4) is 0 Å². The predicted octanol–water partition coefficient (Wildman–Crippen LogP) is 1.45. The summed E-state index contributed by atoms with van der Waals surface area (Å²) in [7, 11) is 1.72.